The van der Waals surface area contributed by atoms with Gasteiger partial charge in [-0.2, -0.15) is 0 Å². The van der Waals surface area contributed by atoms with Crippen molar-refractivity contribution < 1.29 is 9.90 Å². The molecule has 3 aliphatic rings. The van der Waals surface area contributed by atoms with Gasteiger partial charge in [-0.05, 0) is 31.7 Å². The number of fused-ring (bicyclic) bond motifs is 1. The molecule has 0 spiro atoms. The summed E-state index contributed by atoms with van der Waals surface area (Å²) in [5.74, 6) is 1.05. The first kappa shape index (κ1) is 11.5. The number of carbonyl (C=O) groups excluding carboxylic acids is 1. The van der Waals surface area contributed by atoms with Crippen LogP contribution < -0.4 is 5.32 Å². The number of hydrogen-bond acceptors (Lipinski definition) is 3. The van der Waals surface area contributed by atoms with Crippen molar-refractivity contribution in [2.24, 2.45) is 17.3 Å². The highest BCUT2D eigenvalue weighted by Gasteiger charge is 2.50. The van der Waals surface area contributed by atoms with Gasteiger partial charge in [0.1, 0.15) is 0 Å². The van der Waals surface area contributed by atoms with E-state index in [1.807, 2.05) is 4.90 Å². The Balaban J connectivity index is 1.69. The number of nitrogens with one attached hydrogen (secondary N) is 1. The van der Waals surface area contributed by atoms with Crippen molar-refractivity contribution in [2.45, 2.75) is 25.7 Å². The van der Waals surface area contributed by atoms with Gasteiger partial charge in [-0.15, -0.1) is 0 Å². The Morgan fingerprint density at radius 2 is 2.35 bits per heavy atom. The molecule has 0 aromatic rings. The number of carbonyl (C=O) groups is 1. The lowest BCUT2D eigenvalue weighted by Crippen LogP contribution is -2.38. The molecule has 2 saturated heterocycles. The minimum Gasteiger partial charge on any atom is -0.396 e. The number of aliphatic hydroxyl groups is 1. The molecule has 3 unspecified atom stereocenters. The summed E-state index contributed by atoms with van der Waals surface area (Å²) in [6.07, 6.45) is 4.48. The molecule has 2 aliphatic heterocycles. The Hall–Kier alpha value is -0.610. The van der Waals surface area contributed by atoms with Crippen molar-refractivity contribution in [3.05, 3.63) is 0 Å². The maximum Gasteiger partial charge on any atom is 0.227 e. The number of rotatable bonds is 2. The molecular formula is C13H22N2O2. The van der Waals surface area contributed by atoms with E-state index in [-0.39, 0.29) is 17.9 Å². The lowest BCUT2D eigenvalue weighted by atomic mass is 9.82. The molecule has 1 aliphatic carbocycles. The van der Waals surface area contributed by atoms with Gasteiger partial charge in [0.2, 0.25) is 5.91 Å². The molecule has 0 bridgehead atoms. The van der Waals surface area contributed by atoms with Crippen LogP contribution in [0.15, 0.2) is 0 Å². The third-order valence-corrected chi connectivity index (χ3v) is 5.08. The topological polar surface area (TPSA) is 52.6 Å². The molecule has 0 radical (unpaired) electrons. The third kappa shape index (κ3) is 1.78. The first-order chi connectivity index (χ1) is 8.25. The van der Waals surface area contributed by atoms with Crippen LogP contribution in [0.4, 0.5) is 0 Å². The summed E-state index contributed by atoms with van der Waals surface area (Å²) < 4.78 is 0. The van der Waals surface area contributed by atoms with Crippen molar-refractivity contribution in [1.29, 1.82) is 0 Å². The van der Waals surface area contributed by atoms with Crippen LogP contribution in [0.1, 0.15) is 25.7 Å². The van der Waals surface area contributed by atoms with E-state index in [2.05, 4.69) is 5.32 Å². The SMILES string of the molecule is O=C(C1CCNC1)N1CC2CCCC2(CO)C1. The second-order valence-electron chi connectivity index (χ2n) is 6.02. The summed E-state index contributed by atoms with van der Waals surface area (Å²) in [5, 5.41) is 12.9. The molecule has 2 heterocycles. The monoisotopic (exact) mass is 238 g/mol. The zero-order chi connectivity index (χ0) is 11.9. The molecule has 4 nitrogen and oxygen atoms in total. The summed E-state index contributed by atoms with van der Waals surface area (Å²) >= 11 is 0. The maximum absolute atomic E-state index is 12.3. The smallest absolute Gasteiger partial charge is 0.227 e. The van der Waals surface area contributed by atoms with Crippen molar-refractivity contribution in [3.8, 4) is 0 Å². The standard InChI is InChI=1S/C13H22N2O2/c16-9-13-4-1-2-11(13)7-15(8-13)12(17)10-3-5-14-6-10/h10-11,14,16H,1-9H2. The minimum absolute atomic E-state index is 0.0433. The van der Waals surface area contributed by atoms with E-state index in [0.29, 0.717) is 11.8 Å². The molecular weight excluding hydrogens is 216 g/mol. The average molecular weight is 238 g/mol. The second kappa shape index (κ2) is 4.25. The average Bonchev–Trinajstić information content (AvgIpc) is 3.03. The Morgan fingerprint density at radius 3 is 3.00 bits per heavy atom. The Morgan fingerprint density at radius 1 is 1.47 bits per heavy atom. The van der Waals surface area contributed by atoms with E-state index >= 15 is 0 Å². The van der Waals surface area contributed by atoms with Gasteiger partial charge in [0, 0.05) is 25.0 Å². The molecule has 2 N–H and O–H groups in total. The van der Waals surface area contributed by atoms with Crippen LogP contribution in [0.3, 0.4) is 0 Å². The van der Waals surface area contributed by atoms with Crippen LogP contribution in [0, 0.1) is 17.3 Å². The first-order valence-corrected chi connectivity index (χ1v) is 6.85. The largest absolute Gasteiger partial charge is 0.396 e. The summed E-state index contributed by atoms with van der Waals surface area (Å²) in [4.78, 5) is 14.4. The maximum atomic E-state index is 12.3. The molecule has 4 heteroatoms. The van der Waals surface area contributed by atoms with E-state index in [9.17, 15) is 9.90 Å². The minimum atomic E-state index is 0.0433. The normalized spacial score (nSPS) is 40.9. The lowest BCUT2D eigenvalue weighted by Gasteiger charge is -2.26. The van der Waals surface area contributed by atoms with Gasteiger partial charge in [-0.3, -0.25) is 4.79 Å². The molecule has 1 saturated carbocycles. The van der Waals surface area contributed by atoms with Gasteiger partial charge in [-0.1, -0.05) is 6.42 Å². The quantitative estimate of drug-likeness (QED) is 0.723. The fourth-order valence-corrected chi connectivity index (χ4v) is 3.96. The Bertz CT molecular complexity index is 315. The van der Waals surface area contributed by atoms with Gasteiger partial charge in [0.15, 0.2) is 0 Å². The number of amides is 1. The van der Waals surface area contributed by atoms with E-state index in [4.69, 9.17) is 0 Å². The summed E-state index contributed by atoms with van der Waals surface area (Å²) in [5.41, 5.74) is 0.0433. The van der Waals surface area contributed by atoms with Gasteiger partial charge in [-0.25, -0.2) is 0 Å². The van der Waals surface area contributed by atoms with Gasteiger partial charge >= 0.3 is 0 Å². The molecule has 3 rings (SSSR count). The Kier molecular flexibility index (Phi) is 2.87. The highest BCUT2D eigenvalue weighted by atomic mass is 16.3. The third-order valence-electron chi connectivity index (χ3n) is 5.08. The van der Waals surface area contributed by atoms with Crippen LogP contribution in [0.5, 0.6) is 0 Å². The van der Waals surface area contributed by atoms with Crippen molar-refractivity contribution in [1.82, 2.24) is 10.2 Å². The molecule has 3 fully saturated rings. The lowest BCUT2D eigenvalue weighted by molar-refractivity contribution is -0.134. The Labute approximate surface area is 102 Å². The fourth-order valence-electron chi connectivity index (χ4n) is 3.96. The second-order valence-corrected chi connectivity index (χ2v) is 6.02. The van der Waals surface area contributed by atoms with Crippen molar-refractivity contribution in [3.63, 3.8) is 0 Å². The highest BCUT2D eigenvalue weighted by Crippen LogP contribution is 2.48. The van der Waals surface area contributed by atoms with Crippen LogP contribution in [0.25, 0.3) is 0 Å². The number of nitrogens with zero attached hydrogens (tertiary/aromatic N) is 1. The molecule has 1 amide bonds. The fraction of sp³-hybridized carbons (Fsp3) is 0.923. The van der Waals surface area contributed by atoms with E-state index in [1.165, 1.54) is 12.8 Å². The zero-order valence-corrected chi connectivity index (χ0v) is 10.3. The highest BCUT2D eigenvalue weighted by molar-refractivity contribution is 5.79. The van der Waals surface area contributed by atoms with E-state index in [1.54, 1.807) is 0 Å². The predicted octanol–water partition coefficient (Wildman–Crippen LogP) is 0.217. The molecule has 3 atom stereocenters. The first-order valence-electron chi connectivity index (χ1n) is 6.85. The summed E-state index contributed by atoms with van der Waals surface area (Å²) in [6.45, 7) is 3.74. The molecule has 17 heavy (non-hydrogen) atoms. The predicted molar refractivity (Wildman–Crippen MR) is 64.4 cm³/mol. The molecule has 0 aromatic heterocycles. The summed E-state index contributed by atoms with van der Waals surface area (Å²) in [7, 11) is 0. The number of hydrogen-bond donors (Lipinski definition) is 2. The van der Waals surface area contributed by atoms with Gasteiger partial charge in [0.05, 0.1) is 12.5 Å². The van der Waals surface area contributed by atoms with Gasteiger partial charge < -0.3 is 15.3 Å². The van der Waals surface area contributed by atoms with Crippen LogP contribution in [-0.2, 0) is 4.79 Å². The van der Waals surface area contributed by atoms with Crippen LogP contribution in [-0.4, -0.2) is 48.7 Å². The van der Waals surface area contributed by atoms with E-state index < -0.39 is 0 Å². The number of aliphatic hydroxyl groups excluding tert-OH is 1. The summed E-state index contributed by atoms with van der Waals surface area (Å²) in [6, 6.07) is 0. The van der Waals surface area contributed by atoms with Crippen molar-refractivity contribution in [2.75, 3.05) is 32.8 Å². The van der Waals surface area contributed by atoms with E-state index in [0.717, 1.165) is 39.0 Å². The van der Waals surface area contributed by atoms with Crippen LogP contribution in [0.2, 0.25) is 0 Å². The zero-order valence-electron chi connectivity index (χ0n) is 10.3. The van der Waals surface area contributed by atoms with Crippen LogP contribution >= 0.6 is 0 Å². The molecule has 0 aromatic carbocycles. The number of likely N-dealkylation sites (tertiary alicyclic amines) is 1. The van der Waals surface area contributed by atoms with Gasteiger partial charge in [0.25, 0.3) is 0 Å². The molecule has 96 valence electrons. The van der Waals surface area contributed by atoms with Crippen molar-refractivity contribution >= 4 is 5.91 Å².